The van der Waals surface area contributed by atoms with Crippen LogP contribution in [0.5, 0.6) is 0 Å². The number of aliphatic carboxylic acids is 1. The number of carbonyl (C=O) groups is 1. The Kier molecular flexibility index (Phi) is 4.64. The molecule has 96 valence electrons. The summed E-state index contributed by atoms with van der Waals surface area (Å²) in [6.07, 6.45) is 3.98. The highest BCUT2D eigenvalue weighted by atomic mass is 32.2. The Morgan fingerprint density at radius 3 is 2.88 bits per heavy atom. The van der Waals surface area contributed by atoms with Crippen LogP contribution < -0.4 is 4.72 Å². The van der Waals surface area contributed by atoms with Crippen LogP contribution in [-0.4, -0.2) is 35.8 Å². The predicted octanol–water partition coefficient (Wildman–Crippen LogP) is 0.0461. The van der Waals surface area contributed by atoms with Crippen molar-refractivity contribution < 1.29 is 18.3 Å². The zero-order valence-electron chi connectivity index (χ0n) is 9.46. The lowest BCUT2D eigenvalue weighted by atomic mass is 10.3. The Hall–Kier alpha value is -1.41. The molecule has 1 rings (SSSR count). The van der Waals surface area contributed by atoms with Crippen LogP contribution in [0, 0.1) is 0 Å². The summed E-state index contributed by atoms with van der Waals surface area (Å²) in [6, 6.07) is 0. The number of nitrogens with one attached hydrogen (secondary N) is 1. The molecule has 0 bridgehead atoms. The molecule has 2 N–H and O–H groups in total. The molecule has 1 aromatic heterocycles. The number of rotatable bonds is 7. The lowest BCUT2D eigenvalue weighted by Gasteiger charge is -2.02. The molecule has 0 aliphatic heterocycles. The average molecular weight is 261 g/mol. The Morgan fingerprint density at radius 2 is 2.29 bits per heavy atom. The van der Waals surface area contributed by atoms with Crippen molar-refractivity contribution in [1.29, 1.82) is 0 Å². The highest BCUT2D eigenvalue weighted by Crippen LogP contribution is 2.06. The molecule has 8 heteroatoms. The fourth-order valence-electron chi connectivity index (χ4n) is 1.18. The lowest BCUT2D eigenvalue weighted by Crippen LogP contribution is -2.24. The highest BCUT2D eigenvalue weighted by molar-refractivity contribution is 7.89. The summed E-state index contributed by atoms with van der Waals surface area (Å²) in [5.74, 6) is -1.07. The molecular weight excluding hydrogens is 246 g/mol. The third kappa shape index (κ3) is 4.16. The van der Waals surface area contributed by atoms with E-state index >= 15 is 0 Å². The number of carboxylic acid groups (broad SMARTS) is 1. The van der Waals surface area contributed by atoms with E-state index in [9.17, 15) is 13.2 Å². The number of sulfonamides is 1. The van der Waals surface area contributed by atoms with Gasteiger partial charge < -0.3 is 5.11 Å². The van der Waals surface area contributed by atoms with Crippen LogP contribution in [0.2, 0.25) is 0 Å². The number of nitrogens with zero attached hydrogens (tertiary/aromatic N) is 2. The second kappa shape index (κ2) is 5.78. The van der Waals surface area contributed by atoms with Crippen LogP contribution in [0.25, 0.3) is 0 Å². The van der Waals surface area contributed by atoms with E-state index in [1.54, 1.807) is 0 Å². The molecule has 0 atom stereocenters. The largest absolute Gasteiger partial charge is 0.480 e. The zero-order valence-corrected chi connectivity index (χ0v) is 10.3. The van der Waals surface area contributed by atoms with Crippen LogP contribution in [0.15, 0.2) is 17.3 Å². The zero-order chi connectivity index (χ0) is 12.9. The second-order valence-electron chi connectivity index (χ2n) is 3.52. The summed E-state index contributed by atoms with van der Waals surface area (Å²) in [4.78, 5) is 10.4. The number of unbranched alkanes of at least 4 members (excludes halogenated alkanes) is 1. The topological polar surface area (TPSA) is 101 Å². The third-order valence-electron chi connectivity index (χ3n) is 2.04. The van der Waals surface area contributed by atoms with Gasteiger partial charge in [0, 0.05) is 12.7 Å². The van der Waals surface area contributed by atoms with Gasteiger partial charge in [-0.25, -0.2) is 13.1 Å². The Balaban J connectivity index is 2.71. The van der Waals surface area contributed by atoms with Crippen molar-refractivity contribution in [2.45, 2.75) is 31.2 Å². The second-order valence-corrected chi connectivity index (χ2v) is 5.29. The van der Waals surface area contributed by atoms with E-state index in [1.165, 1.54) is 6.20 Å². The maximum Gasteiger partial charge on any atom is 0.325 e. The molecule has 17 heavy (non-hydrogen) atoms. The Bertz CT molecular complexity index is 480. The maximum absolute atomic E-state index is 11.7. The molecule has 1 heterocycles. The molecule has 0 saturated carbocycles. The van der Waals surface area contributed by atoms with Gasteiger partial charge in [-0.3, -0.25) is 9.48 Å². The molecule has 0 saturated heterocycles. The van der Waals surface area contributed by atoms with Crippen molar-refractivity contribution in [3.8, 4) is 0 Å². The summed E-state index contributed by atoms with van der Waals surface area (Å²) in [5.41, 5.74) is 0. The summed E-state index contributed by atoms with van der Waals surface area (Å²) in [6.45, 7) is 1.96. The smallest absolute Gasteiger partial charge is 0.325 e. The standard InChI is InChI=1S/C9H15N3O4S/c1-2-3-4-11-17(15,16)8-5-10-12(6-8)7-9(13)14/h5-6,11H,2-4,7H2,1H3,(H,13,14). The fraction of sp³-hybridized carbons (Fsp3) is 0.556. The fourth-order valence-corrected chi connectivity index (χ4v) is 2.20. The normalized spacial score (nSPS) is 11.6. The van der Waals surface area contributed by atoms with Gasteiger partial charge in [0.15, 0.2) is 0 Å². The molecule has 0 radical (unpaired) electrons. The molecule has 0 spiro atoms. The molecule has 0 aliphatic carbocycles. The van der Waals surface area contributed by atoms with Gasteiger partial charge >= 0.3 is 5.97 Å². The van der Waals surface area contributed by atoms with E-state index in [4.69, 9.17) is 5.11 Å². The maximum atomic E-state index is 11.7. The van der Waals surface area contributed by atoms with Crippen molar-refractivity contribution in [3.63, 3.8) is 0 Å². The van der Waals surface area contributed by atoms with Crippen molar-refractivity contribution >= 4 is 16.0 Å². The van der Waals surface area contributed by atoms with Crippen molar-refractivity contribution in [1.82, 2.24) is 14.5 Å². The Labute approximate surface area is 99.5 Å². The summed E-state index contributed by atoms with van der Waals surface area (Å²) in [5, 5.41) is 12.2. The van der Waals surface area contributed by atoms with E-state index in [0.29, 0.717) is 6.54 Å². The number of aromatic nitrogens is 2. The minimum Gasteiger partial charge on any atom is -0.480 e. The van der Waals surface area contributed by atoms with Crippen LogP contribution in [-0.2, 0) is 21.4 Å². The van der Waals surface area contributed by atoms with Crippen LogP contribution in [0.3, 0.4) is 0 Å². The average Bonchev–Trinajstić information content (AvgIpc) is 2.66. The summed E-state index contributed by atoms with van der Waals surface area (Å²) >= 11 is 0. The van der Waals surface area contributed by atoms with Crippen LogP contribution in [0.1, 0.15) is 19.8 Å². The van der Waals surface area contributed by atoms with E-state index in [2.05, 4.69) is 9.82 Å². The van der Waals surface area contributed by atoms with Gasteiger partial charge in [-0.15, -0.1) is 0 Å². The van der Waals surface area contributed by atoms with E-state index < -0.39 is 16.0 Å². The first kappa shape index (κ1) is 13.7. The molecule has 0 fully saturated rings. The van der Waals surface area contributed by atoms with Gasteiger partial charge in [-0.1, -0.05) is 13.3 Å². The van der Waals surface area contributed by atoms with Crippen LogP contribution in [0.4, 0.5) is 0 Å². The number of hydrogen-bond donors (Lipinski definition) is 2. The van der Waals surface area contributed by atoms with Crippen molar-refractivity contribution in [2.75, 3.05) is 6.54 Å². The van der Waals surface area contributed by atoms with Gasteiger partial charge in [-0.2, -0.15) is 5.10 Å². The molecule has 0 aliphatic rings. The van der Waals surface area contributed by atoms with Crippen LogP contribution >= 0.6 is 0 Å². The third-order valence-corrected chi connectivity index (χ3v) is 3.46. The van der Waals surface area contributed by atoms with Gasteiger partial charge in [0.1, 0.15) is 11.4 Å². The van der Waals surface area contributed by atoms with Gasteiger partial charge in [-0.05, 0) is 6.42 Å². The van der Waals surface area contributed by atoms with Crippen molar-refractivity contribution in [3.05, 3.63) is 12.4 Å². The Morgan fingerprint density at radius 1 is 1.59 bits per heavy atom. The number of hydrogen-bond acceptors (Lipinski definition) is 4. The quantitative estimate of drug-likeness (QED) is 0.675. The minimum atomic E-state index is -3.57. The van der Waals surface area contributed by atoms with E-state index in [1.807, 2.05) is 6.92 Å². The molecular formula is C9H15N3O4S. The predicted molar refractivity (Wildman–Crippen MR) is 60.0 cm³/mol. The summed E-state index contributed by atoms with van der Waals surface area (Å²) in [7, 11) is -3.57. The molecule has 0 unspecified atom stereocenters. The van der Waals surface area contributed by atoms with E-state index in [0.717, 1.165) is 23.7 Å². The van der Waals surface area contributed by atoms with Gasteiger partial charge in [0.05, 0.1) is 6.20 Å². The molecule has 0 amide bonds. The van der Waals surface area contributed by atoms with Gasteiger partial charge in [0.25, 0.3) is 0 Å². The van der Waals surface area contributed by atoms with Crippen molar-refractivity contribution in [2.24, 2.45) is 0 Å². The first-order valence-corrected chi connectivity index (χ1v) is 6.68. The molecule has 1 aromatic rings. The molecule has 7 nitrogen and oxygen atoms in total. The SMILES string of the molecule is CCCCNS(=O)(=O)c1cnn(CC(=O)O)c1. The molecule has 0 aromatic carbocycles. The minimum absolute atomic E-state index is 0.0187. The van der Waals surface area contributed by atoms with E-state index in [-0.39, 0.29) is 11.4 Å². The summed E-state index contributed by atoms with van der Waals surface area (Å²) < 4.78 is 26.9. The first-order chi connectivity index (χ1) is 7.95. The van der Waals surface area contributed by atoms with Gasteiger partial charge in [0.2, 0.25) is 10.0 Å². The number of carboxylic acids is 1. The monoisotopic (exact) mass is 261 g/mol. The first-order valence-electron chi connectivity index (χ1n) is 5.19. The highest BCUT2D eigenvalue weighted by Gasteiger charge is 2.16. The lowest BCUT2D eigenvalue weighted by molar-refractivity contribution is -0.137.